The van der Waals surface area contributed by atoms with Crippen molar-refractivity contribution in [1.29, 1.82) is 0 Å². The standard InChI is InChI=1S/C20H20N4O2S/c1-14(19-22-18(23-26-19)15-8-4-3-5-9-15)27-20-21-16-10-6-7-11-17(16)24(20)12-13-25-2/h3-11,14H,12-13H2,1-2H3. The molecule has 0 aliphatic rings. The van der Waals surface area contributed by atoms with Crippen molar-refractivity contribution in [2.24, 2.45) is 0 Å². The fraction of sp³-hybridized carbons (Fsp3) is 0.250. The van der Waals surface area contributed by atoms with Crippen LogP contribution in [0.15, 0.2) is 64.3 Å². The maximum Gasteiger partial charge on any atom is 0.240 e. The highest BCUT2D eigenvalue weighted by Gasteiger charge is 2.20. The van der Waals surface area contributed by atoms with E-state index in [0.29, 0.717) is 18.3 Å². The van der Waals surface area contributed by atoms with E-state index in [1.165, 1.54) is 0 Å². The molecule has 0 aliphatic carbocycles. The number of hydrogen-bond donors (Lipinski definition) is 0. The number of para-hydroxylation sites is 2. The zero-order chi connectivity index (χ0) is 18.6. The Kier molecular flexibility index (Phi) is 5.22. The number of benzene rings is 2. The number of ether oxygens (including phenoxy) is 1. The average Bonchev–Trinajstić information content (AvgIpc) is 3.32. The van der Waals surface area contributed by atoms with Crippen molar-refractivity contribution in [2.75, 3.05) is 13.7 Å². The molecule has 6 nitrogen and oxygen atoms in total. The van der Waals surface area contributed by atoms with Crippen LogP contribution in [-0.4, -0.2) is 33.4 Å². The summed E-state index contributed by atoms with van der Waals surface area (Å²) in [5, 5.41) is 5.01. The summed E-state index contributed by atoms with van der Waals surface area (Å²) in [6.07, 6.45) is 0. The number of hydrogen-bond acceptors (Lipinski definition) is 6. The normalized spacial score (nSPS) is 12.5. The molecule has 0 spiro atoms. The second-order valence-corrected chi connectivity index (χ2v) is 7.42. The molecule has 0 saturated heterocycles. The Bertz CT molecular complexity index is 1030. The molecule has 138 valence electrons. The fourth-order valence-corrected chi connectivity index (χ4v) is 3.84. The third-order valence-electron chi connectivity index (χ3n) is 4.24. The van der Waals surface area contributed by atoms with E-state index in [1.54, 1.807) is 18.9 Å². The molecule has 7 heteroatoms. The van der Waals surface area contributed by atoms with Crippen LogP contribution in [0.2, 0.25) is 0 Å². The minimum atomic E-state index is -0.0203. The van der Waals surface area contributed by atoms with Gasteiger partial charge in [0, 0.05) is 19.2 Å². The molecule has 0 aliphatic heterocycles. The molecule has 0 radical (unpaired) electrons. The molecule has 2 heterocycles. The summed E-state index contributed by atoms with van der Waals surface area (Å²) in [5.41, 5.74) is 3.01. The van der Waals surface area contributed by atoms with Crippen LogP contribution in [0.25, 0.3) is 22.4 Å². The predicted molar refractivity (Wildman–Crippen MR) is 106 cm³/mol. The van der Waals surface area contributed by atoms with E-state index in [2.05, 4.69) is 20.8 Å². The Balaban J connectivity index is 1.59. The highest BCUT2D eigenvalue weighted by molar-refractivity contribution is 7.99. The van der Waals surface area contributed by atoms with Gasteiger partial charge in [0.05, 0.1) is 22.9 Å². The largest absolute Gasteiger partial charge is 0.383 e. The first kappa shape index (κ1) is 17.8. The Morgan fingerprint density at radius 3 is 2.67 bits per heavy atom. The highest BCUT2D eigenvalue weighted by atomic mass is 32.2. The van der Waals surface area contributed by atoms with E-state index in [0.717, 1.165) is 28.3 Å². The first-order chi connectivity index (χ1) is 13.3. The minimum Gasteiger partial charge on any atom is -0.383 e. The van der Waals surface area contributed by atoms with Gasteiger partial charge in [-0.15, -0.1) is 0 Å². The smallest absolute Gasteiger partial charge is 0.240 e. The van der Waals surface area contributed by atoms with Crippen molar-refractivity contribution in [3.8, 4) is 11.4 Å². The van der Waals surface area contributed by atoms with Crippen molar-refractivity contribution >= 4 is 22.8 Å². The van der Waals surface area contributed by atoms with Gasteiger partial charge in [-0.1, -0.05) is 59.4 Å². The van der Waals surface area contributed by atoms with Crippen LogP contribution in [0.5, 0.6) is 0 Å². The SMILES string of the molecule is COCCn1c(SC(C)c2nc(-c3ccccc3)no2)nc2ccccc21. The number of methoxy groups -OCH3 is 1. The summed E-state index contributed by atoms with van der Waals surface area (Å²) in [4.78, 5) is 9.34. The van der Waals surface area contributed by atoms with Crippen molar-refractivity contribution < 1.29 is 9.26 Å². The maximum absolute atomic E-state index is 5.50. The van der Waals surface area contributed by atoms with E-state index >= 15 is 0 Å². The fourth-order valence-electron chi connectivity index (χ4n) is 2.86. The van der Waals surface area contributed by atoms with Crippen LogP contribution in [0, 0.1) is 0 Å². The van der Waals surface area contributed by atoms with Gasteiger partial charge in [-0.25, -0.2) is 4.98 Å². The van der Waals surface area contributed by atoms with Gasteiger partial charge in [-0.2, -0.15) is 4.98 Å². The van der Waals surface area contributed by atoms with Crippen molar-refractivity contribution in [3.05, 3.63) is 60.5 Å². The van der Waals surface area contributed by atoms with Gasteiger partial charge in [0.1, 0.15) is 0 Å². The number of thioether (sulfide) groups is 1. The second-order valence-electron chi connectivity index (χ2n) is 6.11. The van der Waals surface area contributed by atoms with Crippen molar-refractivity contribution in [2.45, 2.75) is 23.9 Å². The molecule has 2 aromatic heterocycles. The zero-order valence-electron chi connectivity index (χ0n) is 15.2. The summed E-state index contributed by atoms with van der Waals surface area (Å²) in [5.74, 6) is 1.19. The Hall–Kier alpha value is -2.64. The molecule has 0 saturated carbocycles. The second kappa shape index (κ2) is 7.94. The van der Waals surface area contributed by atoms with Gasteiger partial charge in [-0.3, -0.25) is 0 Å². The third-order valence-corrected chi connectivity index (χ3v) is 5.32. The van der Waals surface area contributed by atoms with Gasteiger partial charge in [0.2, 0.25) is 11.7 Å². The lowest BCUT2D eigenvalue weighted by atomic mass is 10.2. The quantitative estimate of drug-likeness (QED) is 0.437. The van der Waals surface area contributed by atoms with E-state index in [9.17, 15) is 0 Å². The molecule has 27 heavy (non-hydrogen) atoms. The minimum absolute atomic E-state index is 0.0203. The third kappa shape index (κ3) is 3.74. The number of imidazole rings is 1. The molecular formula is C20H20N4O2S. The Morgan fingerprint density at radius 2 is 1.85 bits per heavy atom. The molecule has 0 amide bonds. The monoisotopic (exact) mass is 380 g/mol. The first-order valence-corrected chi connectivity index (χ1v) is 9.64. The maximum atomic E-state index is 5.50. The van der Waals surface area contributed by atoms with Crippen LogP contribution in [0.3, 0.4) is 0 Å². The summed E-state index contributed by atoms with van der Waals surface area (Å²) in [6.45, 7) is 3.42. The topological polar surface area (TPSA) is 66.0 Å². The summed E-state index contributed by atoms with van der Waals surface area (Å²) in [7, 11) is 1.71. The summed E-state index contributed by atoms with van der Waals surface area (Å²) >= 11 is 1.61. The number of rotatable bonds is 7. The van der Waals surface area contributed by atoms with E-state index in [1.807, 2.05) is 55.5 Å². The van der Waals surface area contributed by atoms with Crippen LogP contribution in [-0.2, 0) is 11.3 Å². The van der Waals surface area contributed by atoms with Gasteiger partial charge >= 0.3 is 0 Å². The summed E-state index contributed by atoms with van der Waals surface area (Å²) < 4.78 is 12.9. The van der Waals surface area contributed by atoms with Crippen LogP contribution >= 0.6 is 11.8 Å². The van der Waals surface area contributed by atoms with E-state index in [-0.39, 0.29) is 5.25 Å². The molecular weight excluding hydrogens is 360 g/mol. The van der Waals surface area contributed by atoms with Crippen molar-refractivity contribution in [1.82, 2.24) is 19.7 Å². The predicted octanol–water partition coefficient (Wildman–Crippen LogP) is 4.59. The molecule has 0 fully saturated rings. The molecule has 4 aromatic rings. The molecule has 4 rings (SSSR count). The summed E-state index contributed by atoms with van der Waals surface area (Å²) in [6, 6.07) is 17.9. The molecule has 2 aromatic carbocycles. The lowest BCUT2D eigenvalue weighted by Crippen LogP contribution is -2.06. The highest BCUT2D eigenvalue weighted by Crippen LogP contribution is 2.35. The number of fused-ring (bicyclic) bond motifs is 1. The molecule has 1 atom stereocenters. The van der Waals surface area contributed by atoms with Gasteiger partial charge in [-0.05, 0) is 19.1 Å². The van der Waals surface area contributed by atoms with Crippen LogP contribution < -0.4 is 0 Å². The van der Waals surface area contributed by atoms with Crippen molar-refractivity contribution in [3.63, 3.8) is 0 Å². The number of nitrogens with zero attached hydrogens (tertiary/aromatic N) is 4. The number of aromatic nitrogens is 4. The molecule has 0 bridgehead atoms. The van der Waals surface area contributed by atoms with E-state index < -0.39 is 0 Å². The lowest BCUT2D eigenvalue weighted by molar-refractivity contribution is 0.186. The first-order valence-electron chi connectivity index (χ1n) is 8.76. The Morgan fingerprint density at radius 1 is 1.07 bits per heavy atom. The molecule has 0 N–H and O–H groups in total. The van der Waals surface area contributed by atoms with Crippen LogP contribution in [0.1, 0.15) is 18.1 Å². The molecule has 1 unspecified atom stereocenters. The average molecular weight is 380 g/mol. The van der Waals surface area contributed by atoms with Gasteiger partial charge in [0.15, 0.2) is 5.16 Å². The van der Waals surface area contributed by atoms with E-state index in [4.69, 9.17) is 14.2 Å². The Labute approximate surface area is 161 Å². The lowest BCUT2D eigenvalue weighted by Gasteiger charge is -2.10. The zero-order valence-corrected chi connectivity index (χ0v) is 16.0. The van der Waals surface area contributed by atoms with Crippen LogP contribution in [0.4, 0.5) is 0 Å². The van der Waals surface area contributed by atoms with Gasteiger partial charge < -0.3 is 13.8 Å². The van der Waals surface area contributed by atoms with Gasteiger partial charge in [0.25, 0.3) is 0 Å².